The predicted molar refractivity (Wildman–Crippen MR) is 60.3 cm³/mol. The Morgan fingerprint density at radius 3 is 2.57 bits per heavy atom. The molecule has 0 aliphatic carbocycles. The molecule has 1 rings (SSSR count). The highest BCUT2D eigenvalue weighted by Crippen LogP contribution is 2.33. The Hall–Kier alpha value is -0.0800. The van der Waals surface area contributed by atoms with Gasteiger partial charge >= 0.3 is 0 Å². The number of piperidine rings is 1. The Balaban J connectivity index is 2.52. The molecule has 0 spiro atoms. The fourth-order valence-corrected chi connectivity index (χ4v) is 2.23. The monoisotopic (exact) mass is 199 g/mol. The molecule has 1 aliphatic rings. The summed E-state index contributed by atoms with van der Waals surface area (Å²) in [4.78, 5) is 2.43. The molecule has 2 atom stereocenters. The number of aliphatic hydroxyl groups is 1. The van der Waals surface area contributed by atoms with Gasteiger partial charge in [-0.05, 0) is 37.6 Å². The Kier molecular flexibility index (Phi) is 3.96. The molecule has 0 aromatic rings. The number of nitrogens with zero attached hydrogens (tertiary/aromatic N) is 1. The van der Waals surface area contributed by atoms with E-state index in [9.17, 15) is 0 Å². The van der Waals surface area contributed by atoms with Crippen LogP contribution in [0.5, 0.6) is 0 Å². The van der Waals surface area contributed by atoms with Gasteiger partial charge in [0.25, 0.3) is 0 Å². The average Bonchev–Trinajstić information content (AvgIpc) is 2.15. The maximum absolute atomic E-state index is 9.13. The molecule has 0 aromatic carbocycles. The Morgan fingerprint density at radius 1 is 1.43 bits per heavy atom. The Morgan fingerprint density at radius 2 is 2.07 bits per heavy atom. The van der Waals surface area contributed by atoms with E-state index in [0.717, 1.165) is 19.0 Å². The lowest BCUT2D eigenvalue weighted by Gasteiger charge is -2.41. The van der Waals surface area contributed by atoms with Gasteiger partial charge < -0.3 is 5.11 Å². The van der Waals surface area contributed by atoms with E-state index in [-0.39, 0.29) is 6.61 Å². The second-order valence-electron chi connectivity index (χ2n) is 5.73. The molecule has 0 saturated carbocycles. The molecule has 0 bridgehead atoms. The van der Waals surface area contributed by atoms with Crippen molar-refractivity contribution in [2.24, 2.45) is 11.3 Å². The molecule has 0 radical (unpaired) electrons. The summed E-state index contributed by atoms with van der Waals surface area (Å²) < 4.78 is 0. The molecule has 2 heteroatoms. The Bertz CT molecular complexity index is 174. The highest BCUT2D eigenvalue weighted by atomic mass is 16.3. The summed E-state index contributed by atoms with van der Waals surface area (Å²) in [5.74, 6) is 0.783. The summed E-state index contributed by atoms with van der Waals surface area (Å²) in [6, 6.07) is 0.333. The van der Waals surface area contributed by atoms with Crippen LogP contribution in [0.2, 0.25) is 0 Å². The summed E-state index contributed by atoms with van der Waals surface area (Å²) in [6.07, 6.45) is 2.63. The van der Waals surface area contributed by atoms with Gasteiger partial charge in [0.15, 0.2) is 0 Å². The summed E-state index contributed by atoms with van der Waals surface area (Å²) in [5.41, 5.74) is 0.411. The van der Waals surface area contributed by atoms with Crippen molar-refractivity contribution in [1.82, 2.24) is 4.90 Å². The third kappa shape index (κ3) is 2.96. The molecule has 1 unspecified atom stereocenters. The van der Waals surface area contributed by atoms with Crippen LogP contribution in [0.4, 0.5) is 0 Å². The van der Waals surface area contributed by atoms with Crippen molar-refractivity contribution in [2.75, 3.05) is 19.7 Å². The zero-order valence-electron chi connectivity index (χ0n) is 10.1. The topological polar surface area (TPSA) is 23.5 Å². The first-order valence-electron chi connectivity index (χ1n) is 5.80. The van der Waals surface area contributed by atoms with Crippen LogP contribution < -0.4 is 0 Å². The van der Waals surface area contributed by atoms with Gasteiger partial charge in [-0.25, -0.2) is 0 Å². The molecule has 1 saturated heterocycles. The van der Waals surface area contributed by atoms with Gasteiger partial charge in [0, 0.05) is 12.6 Å². The quantitative estimate of drug-likeness (QED) is 0.736. The third-order valence-corrected chi connectivity index (χ3v) is 3.57. The summed E-state index contributed by atoms with van der Waals surface area (Å²) in [7, 11) is 0. The first kappa shape index (κ1) is 12.0. The smallest absolute Gasteiger partial charge is 0.0584 e. The van der Waals surface area contributed by atoms with Crippen molar-refractivity contribution < 1.29 is 5.11 Å². The summed E-state index contributed by atoms with van der Waals surface area (Å²) in [5, 5.41) is 9.13. The number of aliphatic hydroxyl groups excluding tert-OH is 1. The molecule has 84 valence electrons. The second kappa shape index (κ2) is 4.63. The molecule has 1 N–H and O–H groups in total. The minimum absolute atomic E-state index is 0.289. The van der Waals surface area contributed by atoms with E-state index in [4.69, 9.17) is 5.11 Å². The van der Waals surface area contributed by atoms with Gasteiger partial charge in [-0.15, -0.1) is 0 Å². The SMILES string of the molecule is CC(CO)N1CCC[C@@H](C(C)(C)C)C1. The molecule has 14 heavy (non-hydrogen) atoms. The van der Waals surface area contributed by atoms with Crippen LogP contribution in [0.3, 0.4) is 0 Å². The van der Waals surface area contributed by atoms with Crippen molar-refractivity contribution in [1.29, 1.82) is 0 Å². The van der Waals surface area contributed by atoms with E-state index in [1.54, 1.807) is 0 Å². The van der Waals surface area contributed by atoms with Gasteiger partial charge in [-0.2, -0.15) is 0 Å². The van der Waals surface area contributed by atoms with Crippen LogP contribution in [0.15, 0.2) is 0 Å². The van der Waals surface area contributed by atoms with E-state index in [0.29, 0.717) is 11.5 Å². The molecule has 0 amide bonds. The van der Waals surface area contributed by atoms with Gasteiger partial charge in [0.1, 0.15) is 0 Å². The van der Waals surface area contributed by atoms with Gasteiger partial charge in [-0.3, -0.25) is 4.90 Å². The number of hydrogen-bond acceptors (Lipinski definition) is 2. The highest BCUT2D eigenvalue weighted by molar-refractivity contribution is 4.83. The normalized spacial score (nSPS) is 27.6. The minimum atomic E-state index is 0.289. The maximum Gasteiger partial charge on any atom is 0.0584 e. The van der Waals surface area contributed by atoms with Crippen LogP contribution in [0.25, 0.3) is 0 Å². The fourth-order valence-electron chi connectivity index (χ4n) is 2.23. The second-order valence-corrected chi connectivity index (χ2v) is 5.73. The number of rotatable bonds is 2. The average molecular weight is 199 g/mol. The summed E-state index contributed by atoms with van der Waals surface area (Å²) in [6.45, 7) is 11.7. The molecule has 0 aromatic heterocycles. The van der Waals surface area contributed by atoms with Crippen LogP contribution in [-0.4, -0.2) is 35.7 Å². The van der Waals surface area contributed by atoms with Gasteiger partial charge in [0.05, 0.1) is 6.61 Å². The van der Waals surface area contributed by atoms with Crippen molar-refractivity contribution in [2.45, 2.75) is 46.6 Å². The van der Waals surface area contributed by atoms with Crippen LogP contribution >= 0.6 is 0 Å². The minimum Gasteiger partial charge on any atom is -0.395 e. The predicted octanol–water partition coefficient (Wildman–Crippen LogP) is 2.13. The molecule has 2 nitrogen and oxygen atoms in total. The van der Waals surface area contributed by atoms with Gasteiger partial charge in [0.2, 0.25) is 0 Å². The van der Waals surface area contributed by atoms with Crippen LogP contribution in [0, 0.1) is 11.3 Å². The maximum atomic E-state index is 9.13. The van der Waals surface area contributed by atoms with Crippen molar-refractivity contribution in [3.05, 3.63) is 0 Å². The first-order valence-corrected chi connectivity index (χ1v) is 5.80. The van der Waals surface area contributed by atoms with E-state index in [1.165, 1.54) is 12.8 Å². The highest BCUT2D eigenvalue weighted by Gasteiger charge is 2.30. The molecule has 1 fully saturated rings. The molecule has 1 heterocycles. The number of hydrogen-bond donors (Lipinski definition) is 1. The van der Waals surface area contributed by atoms with Crippen molar-refractivity contribution >= 4 is 0 Å². The first-order chi connectivity index (χ1) is 6.45. The standard InChI is InChI=1S/C12H25NO/c1-10(9-14)13-7-5-6-11(8-13)12(2,3)4/h10-11,14H,5-9H2,1-4H3/t10?,11-/m1/s1. The van der Waals surface area contributed by atoms with Crippen LogP contribution in [0.1, 0.15) is 40.5 Å². The third-order valence-electron chi connectivity index (χ3n) is 3.57. The molecule has 1 aliphatic heterocycles. The van der Waals surface area contributed by atoms with Crippen LogP contribution in [-0.2, 0) is 0 Å². The molecular weight excluding hydrogens is 174 g/mol. The molecular formula is C12H25NO. The zero-order chi connectivity index (χ0) is 10.8. The van der Waals surface area contributed by atoms with Crippen molar-refractivity contribution in [3.8, 4) is 0 Å². The zero-order valence-corrected chi connectivity index (χ0v) is 10.1. The van der Waals surface area contributed by atoms with E-state index < -0.39 is 0 Å². The van der Waals surface area contributed by atoms with E-state index in [1.807, 2.05) is 0 Å². The summed E-state index contributed by atoms with van der Waals surface area (Å²) >= 11 is 0. The lowest BCUT2D eigenvalue weighted by atomic mass is 9.76. The fraction of sp³-hybridized carbons (Fsp3) is 1.00. The lowest BCUT2D eigenvalue weighted by molar-refractivity contribution is 0.0511. The van der Waals surface area contributed by atoms with Gasteiger partial charge in [-0.1, -0.05) is 20.8 Å². The van der Waals surface area contributed by atoms with E-state index >= 15 is 0 Å². The van der Waals surface area contributed by atoms with E-state index in [2.05, 4.69) is 32.6 Å². The van der Waals surface area contributed by atoms with Crippen molar-refractivity contribution in [3.63, 3.8) is 0 Å². The number of likely N-dealkylation sites (tertiary alicyclic amines) is 1. The largest absolute Gasteiger partial charge is 0.395 e. The lowest BCUT2D eigenvalue weighted by Crippen LogP contribution is -2.46. The Labute approximate surface area is 88.3 Å².